The smallest absolute Gasteiger partial charge is 0.0474 e. The first-order valence-corrected chi connectivity index (χ1v) is 5.76. The molecular formula is C11H21NO. The van der Waals surface area contributed by atoms with Crippen molar-refractivity contribution in [3.63, 3.8) is 0 Å². The van der Waals surface area contributed by atoms with E-state index in [2.05, 4.69) is 4.90 Å². The van der Waals surface area contributed by atoms with Gasteiger partial charge < -0.3 is 10.0 Å². The quantitative estimate of drug-likeness (QED) is 0.703. The molecule has 1 saturated heterocycles. The van der Waals surface area contributed by atoms with Crippen LogP contribution in [0.5, 0.6) is 0 Å². The van der Waals surface area contributed by atoms with E-state index in [9.17, 15) is 5.11 Å². The lowest BCUT2D eigenvalue weighted by molar-refractivity contribution is 0.0812. The zero-order valence-electron chi connectivity index (χ0n) is 8.41. The molecule has 76 valence electrons. The highest BCUT2D eigenvalue weighted by molar-refractivity contribution is 4.85. The normalized spacial score (nSPS) is 36.7. The van der Waals surface area contributed by atoms with Crippen LogP contribution >= 0.6 is 0 Å². The highest BCUT2D eigenvalue weighted by Gasteiger charge is 2.30. The fraction of sp³-hybridized carbons (Fsp3) is 1.00. The van der Waals surface area contributed by atoms with E-state index in [1.165, 1.54) is 51.6 Å². The van der Waals surface area contributed by atoms with Crippen molar-refractivity contribution < 1.29 is 5.11 Å². The second-order valence-corrected chi connectivity index (χ2v) is 4.54. The van der Waals surface area contributed by atoms with E-state index in [1.54, 1.807) is 0 Å². The maximum atomic E-state index is 9.30. The lowest BCUT2D eigenvalue weighted by atomic mass is 9.84. The summed E-state index contributed by atoms with van der Waals surface area (Å²) in [5, 5.41) is 9.30. The van der Waals surface area contributed by atoms with Crippen LogP contribution in [0, 0.1) is 5.92 Å². The average Bonchev–Trinajstić information content (AvgIpc) is 2.70. The molecule has 0 amide bonds. The van der Waals surface area contributed by atoms with Crippen LogP contribution in [-0.4, -0.2) is 35.7 Å². The molecular weight excluding hydrogens is 162 g/mol. The summed E-state index contributed by atoms with van der Waals surface area (Å²) in [7, 11) is 0. The second-order valence-electron chi connectivity index (χ2n) is 4.54. The van der Waals surface area contributed by atoms with Crippen molar-refractivity contribution in [3.8, 4) is 0 Å². The first-order valence-electron chi connectivity index (χ1n) is 5.76. The Morgan fingerprint density at radius 2 is 1.69 bits per heavy atom. The standard InChI is InChI=1S/C11H21NO/c13-9-10-5-1-2-6-11(10)12-7-3-4-8-12/h10-11,13H,1-9H2/t10-,11-/m0/s1. The Labute approximate surface area is 80.9 Å². The van der Waals surface area contributed by atoms with Crippen molar-refractivity contribution in [3.05, 3.63) is 0 Å². The van der Waals surface area contributed by atoms with Crippen molar-refractivity contribution in [2.24, 2.45) is 5.92 Å². The minimum absolute atomic E-state index is 0.404. The van der Waals surface area contributed by atoms with Gasteiger partial charge in [0.05, 0.1) is 0 Å². The van der Waals surface area contributed by atoms with Crippen molar-refractivity contribution >= 4 is 0 Å². The predicted octanol–water partition coefficient (Wildman–Crippen LogP) is 1.63. The van der Waals surface area contributed by atoms with E-state index in [1.807, 2.05) is 0 Å². The highest BCUT2D eigenvalue weighted by atomic mass is 16.3. The van der Waals surface area contributed by atoms with Gasteiger partial charge in [0.15, 0.2) is 0 Å². The predicted molar refractivity (Wildman–Crippen MR) is 53.6 cm³/mol. The number of aliphatic hydroxyl groups is 1. The fourth-order valence-electron chi connectivity index (χ4n) is 2.96. The van der Waals surface area contributed by atoms with Gasteiger partial charge in [-0.25, -0.2) is 0 Å². The molecule has 2 rings (SSSR count). The van der Waals surface area contributed by atoms with E-state index in [4.69, 9.17) is 0 Å². The molecule has 0 aromatic rings. The van der Waals surface area contributed by atoms with E-state index in [0.717, 1.165) is 0 Å². The van der Waals surface area contributed by atoms with Crippen molar-refractivity contribution in [2.45, 2.75) is 44.6 Å². The third-order valence-electron chi connectivity index (χ3n) is 3.71. The summed E-state index contributed by atoms with van der Waals surface area (Å²) in [6, 6.07) is 0.709. The summed E-state index contributed by atoms with van der Waals surface area (Å²) in [4.78, 5) is 2.61. The van der Waals surface area contributed by atoms with E-state index in [0.29, 0.717) is 18.6 Å². The molecule has 0 spiro atoms. The lowest BCUT2D eigenvalue weighted by Gasteiger charge is -2.37. The molecule has 0 radical (unpaired) electrons. The van der Waals surface area contributed by atoms with Gasteiger partial charge in [0.1, 0.15) is 0 Å². The molecule has 0 aromatic carbocycles. The number of hydrogen-bond donors (Lipinski definition) is 1. The van der Waals surface area contributed by atoms with Crippen LogP contribution < -0.4 is 0 Å². The number of hydrogen-bond acceptors (Lipinski definition) is 2. The third kappa shape index (κ3) is 2.05. The Morgan fingerprint density at radius 3 is 2.38 bits per heavy atom. The Kier molecular flexibility index (Phi) is 3.23. The Bertz CT molecular complexity index is 152. The van der Waals surface area contributed by atoms with Gasteiger partial charge in [0, 0.05) is 12.6 Å². The Morgan fingerprint density at radius 1 is 1.00 bits per heavy atom. The zero-order chi connectivity index (χ0) is 9.10. The van der Waals surface area contributed by atoms with Gasteiger partial charge in [-0.3, -0.25) is 0 Å². The van der Waals surface area contributed by atoms with Crippen molar-refractivity contribution in [1.82, 2.24) is 4.90 Å². The van der Waals surface area contributed by atoms with Crippen LogP contribution in [0.25, 0.3) is 0 Å². The molecule has 1 heterocycles. The van der Waals surface area contributed by atoms with Gasteiger partial charge in [0.2, 0.25) is 0 Å². The van der Waals surface area contributed by atoms with Crippen molar-refractivity contribution in [2.75, 3.05) is 19.7 Å². The Hall–Kier alpha value is -0.0800. The minimum Gasteiger partial charge on any atom is -0.396 e. The SMILES string of the molecule is OC[C@@H]1CCCC[C@@H]1N1CCCC1. The number of aliphatic hydroxyl groups excluding tert-OH is 1. The maximum absolute atomic E-state index is 9.30. The molecule has 2 aliphatic rings. The van der Waals surface area contributed by atoms with E-state index < -0.39 is 0 Å². The molecule has 2 heteroatoms. The Balaban J connectivity index is 1.93. The molecule has 2 atom stereocenters. The molecule has 1 aliphatic carbocycles. The summed E-state index contributed by atoms with van der Waals surface area (Å²) in [6.45, 7) is 2.96. The van der Waals surface area contributed by atoms with E-state index >= 15 is 0 Å². The monoisotopic (exact) mass is 183 g/mol. The summed E-state index contributed by atoms with van der Waals surface area (Å²) in [6.07, 6.45) is 8.01. The van der Waals surface area contributed by atoms with Crippen molar-refractivity contribution in [1.29, 1.82) is 0 Å². The molecule has 13 heavy (non-hydrogen) atoms. The van der Waals surface area contributed by atoms with Crippen LogP contribution in [0.3, 0.4) is 0 Å². The number of nitrogens with zero attached hydrogens (tertiary/aromatic N) is 1. The molecule has 0 aromatic heterocycles. The third-order valence-corrected chi connectivity index (χ3v) is 3.71. The summed E-state index contributed by atoms with van der Waals surface area (Å²) in [5.74, 6) is 0.576. The van der Waals surface area contributed by atoms with Gasteiger partial charge >= 0.3 is 0 Å². The topological polar surface area (TPSA) is 23.5 Å². The van der Waals surface area contributed by atoms with Crippen LogP contribution in [0.15, 0.2) is 0 Å². The summed E-state index contributed by atoms with van der Waals surface area (Å²) < 4.78 is 0. The number of likely N-dealkylation sites (tertiary alicyclic amines) is 1. The summed E-state index contributed by atoms with van der Waals surface area (Å²) in [5.41, 5.74) is 0. The van der Waals surface area contributed by atoms with Crippen LogP contribution in [-0.2, 0) is 0 Å². The molecule has 2 fully saturated rings. The van der Waals surface area contributed by atoms with Gasteiger partial charge in [-0.15, -0.1) is 0 Å². The molecule has 1 saturated carbocycles. The van der Waals surface area contributed by atoms with Gasteiger partial charge in [-0.2, -0.15) is 0 Å². The number of rotatable bonds is 2. The molecule has 1 N–H and O–H groups in total. The fourth-order valence-corrected chi connectivity index (χ4v) is 2.96. The van der Waals surface area contributed by atoms with Gasteiger partial charge in [0.25, 0.3) is 0 Å². The minimum atomic E-state index is 0.404. The first-order chi connectivity index (χ1) is 6.42. The zero-order valence-corrected chi connectivity index (χ0v) is 8.41. The maximum Gasteiger partial charge on any atom is 0.0474 e. The highest BCUT2D eigenvalue weighted by Crippen LogP contribution is 2.30. The first kappa shape index (κ1) is 9.47. The molecule has 0 bridgehead atoms. The molecule has 2 nitrogen and oxygen atoms in total. The van der Waals surface area contributed by atoms with Crippen LogP contribution in [0.1, 0.15) is 38.5 Å². The van der Waals surface area contributed by atoms with Crippen LogP contribution in [0.4, 0.5) is 0 Å². The van der Waals surface area contributed by atoms with Crippen LogP contribution in [0.2, 0.25) is 0 Å². The molecule has 1 aliphatic heterocycles. The van der Waals surface area contributed by atoms with Gasteiger partial charge in [-0.1, -0.05) is 12.8 Å². The lowest BCUT2D eigenvalue weighted by Crippen LogP contribution is -2.42. The average molecular weight is 183 g/mol. The largest absolute Gasteiger partial charge is 0.396 e. The van der Waals surface area contributed by atoms with E-state index in [-0.39, 0.29) is 0 Å². The second kappa shape index (κ2) is 4.43. The summed E-state index contributed by atoms with van der Waals surface area (Å²) >= 11 is 0. The molecule has 0 unspecified atom stereocenters. The van der Waals surface area contributed by atoms with Gasteiger partial charge in [-0.05, 0) is 44.7 Å².